The van der Waals surface area contributed by atoms with Crippen molar-refractivity contribution in [3.05, 3.63) is 60.7 Å². The molecule has 0 aliphatic heterocycles. The number of anilines is 1. The van der Waals surface area contributed by atoms with E-state index in [9.17, 15) is 4.79 Å². The van der Waals surface area contributed by atoms with E-state index in [0.717, 1.165) is 26.7 Å². The summed E-state index contributed by atoms with van der Waals surface area (Å²) in [5.74, 6) is 1.22. The van der Waals surface area contributed by atoms with Crippen molar-refractivity contribution in [3.8, 4) is 11.5 Å². The van der Waals surface area contributed by atoms with E-state index in [1.54, 1.807) is 0 Å². The third kappa shape index (κ3) is 4.01. The van der Waals surface area contributed by atoms with Crippen LogP contribution in [0.15, 0.2) is 60.7 Å². The van der Waals surface area contributed by atoms with E-state index in [2.05, 4.69) is 10.3 Å². The average Bonchev–Trinajstić information content (AvgIpc) is 3.08. The van der Waals surface area contributed by atoms with E-state index in [4.69, 9.17) is 9.47 Å². The molecule has 1 N–H and O–H groups in total. The van der Waals surface area contributed by atoms with Gasteiger partial charge in [0.2, 0.25) is 0 Å². The van der Waals surface area contributed by atoms with E-state index in [0.29, 0.717) is 17.5 Å². The fourth-order valence-corrected chi connectivity index (χ4v) is 3.69. The third-order valence-corrected chi connectivity index (χ3v) is 4.94. The first kappa shape index (κ1) is 17.3. The van der Waals surface area contributed by atoms with Crippen molar-refractivity contribution < 1.29 is 14.3 Å². The van der Waals surface area contributed by atoms with E-state index in [1.165, 1.54) is 11.3 Å². The van der Waals surface area contributed by atoms with Crippen molar-refractivity contribution in [1.82, 2.24) is 4.98 Å². The second-order valence-corrected chi connectivity index (χ2v) is 6.96. The molecule has 0 unspecified atom stereocenters. The van der Waals surface area contributed by atoms with Gasteiger partial charge in [-0.25, -0.2) is 4.98 Å². The van der Waals surface area contributed by atoms with E-state index in [-0.39, 0.29) is 12.5 Å². The number of carbonyl (C=O) groups is 1. The molecule has 1 heterocycles. The summed E-state index contributed by atoms with van der Waals surface area (Å²) in [6.45, 7) is 2.48. The lowest BCUT2D eigenvalue weighted by Crippen LogP contribution is -2.19. The van der Waals surface area contributed by atoms with Gasteiger partial charge in [-0.05, 0) is 48.0 Å². The SMILES string of the molecule is CCOc1ccc2nc(NC(=O)COc3ccc4ccccc4c3)sc2c1. The van der Waals surface area contributed by atoms with Crippen LogP contribution in [0.2, 0.25) is 0 Å². The topological polar surface area (TPSA) is 60.5 Å². The number of nitrogens with one attached hydrogen (secondary N) is 1. The molecule has 4 rings (SSSR count). The Hall–Kier alpha value is -3.12. The number of amides is 1. The Morgan fingerprint density at radius 3 is 2.63 bits per heavy atom. The molecule has 4 aromatic rings. The number of hydrogen-bond acceptors (Lipinski definition) is 5. The molecule has 0 atom stereocenters. The molecule has 0 saturated carbocycles. The minimum absolute atomic E-state index is 0.0710. The van der Waals surface area contributed by atoms with Crippen LogP contribution in [0.5, 0.6) is 11.5 Å². The van der Waals surface area contributed by atoms with Crippen LogP contribution in [0, 0.1) is 0 Å². The molecule has 0 saturated heterocycles. The minimum Gasteiger partial charge on any atom is -0.494 e. The maximum absolute atomic E-state index is 12.2. The van der Waals surface area contributed by atoms with Gasteiger partial charge in [-0.2, -0.15) is 0 Å². The molecule has 5 nitrogen and oxygen atoms in total. The van der Waals surface area contributed by atoms with Crippen molar-refractivity contribution in [2.24, 2.45) is 0 Å². The van der Waals surface area contributed by atoms with Crippen LogP contribution < -0.4 is 14.8 Å². The first-order chi connectivity index (χ1) is 13.2. The number of aromatic nitrogens is 1. The highest BCUT2D eigenvalue weighted by molar-refractivity contribution is 7.22. The second-order valence-electron chi connectivity index (χ2n) is 5.93. The molecule has 0 spiro atoms. The lowest BCUT2D eigenvalue weighted by Gasteiger charge is -2.07. The molecule has 136 valence electrons. The number of ether oxygens (including phenoxy) is 2. The zero-order valence-corrected chi connectivity index (χ0v) is 15.6. The van der Waals surface area contributed by atoms with Crippen molar-refractivity contribution in [1.29, 1.82) is 0 Å². The predicted molar refractivity (Wildman–Crippen MR) is 109 cm³/mol. The largest absolute Gasteiger partial charge is 0.494 e. The van der Waals surface area contributed by atoms with Crippen molar-refractivity contribution >= 4 is 43.4 Å². The Bertz CT molecular complexity index is 1110. The van der Waals surface area contributed by atoms with Gasteiger partial charge in [0.05, 0.1) is 16.8 Å². The molecule has 3 aromatic carbocycles. The van der Waals surface area contributed by atoms with Crippen LogP contribution in [0.1, 0.15) is 6.92 Å². The maximum Gasteiger partial charge on any atom is 0.264 e. The highest BCUT2D eigenvalue weighted by Gasteiger charge is 2.10. The monoisotopic (exact) mass is 378 g/mol. The molecule has 0 fully saturated rings. The number of nitrogens with zero attached hydrogens (tertiary/aromatic N) is 1. The van der Waals surface area contributed by atoms with Gasteiger partial charge in [0.1, 0.15) is 11.5 Å². The molecular weight excluding hydrogens is 360 g/mol. The third-order valence-electron chi connectivity index (χ3n) is 4.01. The normalized spacial score (nSPS) is 10.9. The second kappa shape index (κ2) is 7.63. The number of benzene rings is 3. The summed E-state index contributed by atoms with van der Waals surface area (Å²) < 4.78 is 12.1. The van der Waals surface area contributed by atoms with Crippen molar-refractivity contribution in [2.75, 3.05) is 18.5 Å². The molecule has 0 aliphatic carbocycles. The number of rotatable bonds is 6. The van der Waals surface area contributed by atoms with Gasteiger partial charge in [0.15, 0.2) is 11.7 Å². The number of thiazole rings is 1. The fraction of sp³-hybridized carbons (Fsp3) is 0.143. The van der Waals surface area contributed by atoms with Gasteiger partial charge in [-0.1, -0.05) is 41.7 Å². The first-order valence-electron chi connectivity index (χ1n) is 8.66. The molecule has 6 heteroatoms. The van der Waals surface area contributed by atoms with Gasteiger partial charge in [-0.3, -0.25) is 10.1 Å². The zero-order chi connectivity index (χ0) is 18.6. The van der Waals surface area contributed by atoms with E-state index >= 15 is 0 Å². The Morgan fingerprint density at radius 1 is 1.00 bits per heavy atom. The van der Waals surface area contributed by atoms with Gasteiger partial charge >= 0.3 is 0 Å². The van der Waals surface area contributed by atoms with Crippen molar-refractivity contribution in [3.63, 3.8) is 0 Å². The number of carbonyl (C=O) groups excluding carboxylic acids is 1. The molecule has 1 amide bonds. The summed E-state index contributed by atoms with van der Waals surface area (Å²) in [5.41, 5.74) is 0.828. The van der Waals surface area contributed by atoms with Crippen molar-refractivity contribution in [2.45, 2.75) is 6.92 Å². The van der Waals surface area contributed by atoms with Gasteiger partial charge < -0.3 is 9.47 Å². The highest BCUT2D eigenvalue weighted by atomic mass is 32.1. The lowest BCUT2D eigenvalue weighted by molar-refractivity contribution is -0.118. The summed E-state index contributed by atoms with van der Waals surface area (Å²) in [6, 6.07) is 19.5. The summed E-state index contributed by atoms with van der Waals surface area (Å²) >= 11 is 1.41. The molecular formula is C21H18N2O3S. The zero-order valence-electron chi connectivity index (χ0n) is 14.8. The minimum atomic E-state index is -0.243. The number of fused-ring (bicyclic) bond motifs is 2. The van der Waals surface area contributed by atoms with E-state index < -0.39 is 0 Å². The number of hydrogen-bond donors (Lipinski definition) is 1. The van der Waals surface area contributed by atoms with Crippen LogP contribution >= 0.6 is 11.3 Å². The lowest BCUT2D eigenvalue weighted by atomic mass is 10.1. The van der Waals surface area contributed by atoms with Gasteiger partial charge in [-0.15, -0.1) is 0 Å². The van der Waals surface area contributed by atoms with Crippen LogP contribution in [0.3, 0.4) is 0 Å². The summed E-state index contributed by atoms with van der Waals surface area (Å²) in [4.78, 5) is 16.6. The Kier molecular flexibility index (Phi) is 4.89. The van der Waals surface area contributed by atoms with E-state index in [1.807, 2.05) is 67.6 Å². The van der Waals surface area contributed by atoms with Crippen LogP contribution in [-0.4, -0.2) is 24.1 Å². The van der Waals surface area contributed by atoms with Gasteiger partial charge in [0, 0.05) is 0 Å². The van der Waals surface area contributed by atoms with Crippen LogP contribution in [0.25, 0.3) is 21.0 Å². The quantitative estimate of drug-likeness (QED) is 0.520. The highest BCUT2D eigenvalue weighted by Crippen LogP contribution is 2.29. The predicted octanol–water partition coefficient (Wildman–Crippen LogP) is 4.87. The smallest absolute Gasteiger partial charge is 0.264 e. The van der Waals surface area contributed by atoms with Crippen LogP contribution in [0.4, 0.5) is 5.13 Å². The Balaban J connectivity index is 1.40. The molecule has 1 aromatic heterocycles. The Labute approximate surface area is 160 Å². The summed E-state index contributed by atoms with van der Waals surface area (Å²) in [7, 11) is 0. The fourth-order valence-electron chi connectivity index (χ4n) is 2.78. The molecule has 0 aliphatic rings. The molecule has 0 radical (unpaired) electrons. The average molecular weight is 378 g/mol. The standard InChI is InChI=1S/C21H18N2O3S/c1-2-25-17-9-10-18-19(12-17)27-21(22-18)23-20(24)13-26-16-8-7-14-5-3-4-6-15(14)11-16/h3-12H,2,13H2,1H3,(H,22,23,24). The Morgan fingerprint density at radius 2 is 1.78 bits per heavy atom. The van der Waals surface area contributed by atoms with Crippen LogP contribution in [-0.2, 0) is 4.79 Å². The summed E-state index contributed by atoms with van der Waals surface area (Å²) in [6.07, 6.45) is 0. The maximum atomic E-state index is 12.2. The summed E-state index contributed by atoms with van der Waals surface area (Å²) in [5, 5.41) is 5.55. The first-order valence-corrected chi connectivity index (χ1v) is 9.48. The molecule has 0 bridgehead atoms. The molecule has 27 heavy (non-hydrogen) atoms. The van der Waals surface area contributed by atoms with Gasteiger partial charge in [0.25, 0.3) is 5.91 Å².